The maximum Gasteiger partial charge on any atom is 0.0630 e. The summed E-state index contributed by atoms with van der Waals surface area (Å²) in [5, 5.41) is 9.73. The minimum absolute atomic E-state index is 0.0434. The molecule has 1 saturated carbocycles. The average molecular weight is 154 g/mol. The molecule has 0 spiro atoms. The van der Waals surface area contributed by atoms with Crippen molar-refractivity contribution in [1.29, 1.82) is 0 Å². The summed E-state index contributed by atoms with van der Waals surface area (Å²) in [6.07, 6.45) is 5.06. The molecule has 0 saturated heterocycles. The molecular formula is C10H18O. The van der Waals surface area contributed by atoms with Crippen LogP contribution in [0.4, 0.5) is 0 Å². The SMILES string of the molecule is C=CC1(C)C(C)CCCC1O. The molecule has 3 atom stereocenters. The summed E-state index contributed by atoms with van der Waals surface area (Å²) >= 11 is 0. The lowest BCUT2D eigenvalue weighted by atomic mass is 9.66. The summed E-state index contributed by atoms with van der Waals surface area (Å²) in [5.74, 6) is 0.573. The second-order valence-corrected chi connectivity index (χ2v) is 3.92. The van der Waals surface area contributed by atoms with Crippen LogP contribution >= 0.6 is 0 Å². The van der Waals surface area contributed by atoms with E-state index in [1.807, 2.05) is 6.08 Å². The van der Waals surface area contributed by atoms with E-state index in [1.165, 1.54) is 6.42 Å². The molecule has 0 radical (unpaired) electrons. The topological polar surface area (TPSA) is 20.2 Å². The summed E-state index contributed by atoms with van der Waals surface area (Å²) in [7, 11) is 0. The van der Waals surface area contributed by atoms with Crippen molar-refractivity contribution >= 4 is 0 Å². The molecule has 0 amide bonds. The Labute approximate surface area is 69.1 Å². The van der Waals surface area contributed by atoms with Gasteiger partial charge in [-0.3, -0.25) is 0 Å². The van der Waals surface area contributed by atoms with Gasteiger partial charge >= 0.3 is 0 Å². The lowest BCUT2D eigenvalue weighted by Crippen LogP contribution is -2.39. The molecule has 0 aromatic carbocycles. The van der Waals surface area contributed by atoms with Crippen molar-refractivity contribution in [2.24, 2.45) is 11.3 Å². The van der Waals surface area contributed by atoms with Gasteiger partial charge in [0.05, 0.1) is 6.10 Å². The zero-order valence-corrected chi connectivity index (χ0v) is 7.51. The van der Waals surface area contributed by atoms with E-state index in [2.05, 4.69) is 20.4 Å². The second-order valence-electron chi connectivity index (χ2n) is 3.92. The first-order valence-corrected chi connectivity index (χ1v) is 4.43. The van der Waals surface area contributed by atoms with Crippen molar-refractivity contribution < 1.29 is 5.11 Å². The molecule has 64 valence electrons. The van der Waals surface area contributed by atoms with E-state index in [4.69, 9.17) is 0 Å². The lowest BCUT2D eigenvalue weighted by molar-refractivity contribution is -0.00224. The summed E-state index contributed by atoms with van der Waals surface area (Å²) in [4.78, 5) is 0. The van der Waals surface area contributed by atoms with Gasteiger partial charge in [-0.25, -0.2) is 0 Å². The van der Waals surface area contributed by atoms with Crippen molar-refractivity contribution in [2.45, 2.75) is 39.2 Å². The number of hydrogen-bond acceptors (Lipinski definition) is 1. The maximum atomic E-state index is 9.73. The molecule has 1 fully saturated rings. The van der Waals surface area contributed by atoms with Crippen LogP contribution in [0, 0.1) is 11.3 Å². The minimum atomic E-state index is -0.177. The van der Waals surface area contributed by atoms with Gasteiger partial charge in [-0.15, -0.1) is 6.58 Å². The van der Waals surface area contributed by atoms with Crippen LogP contribution < -0.4 is 0 Å². The van der Waals surface area contributed by atoms with E-state index < -0.39 is 0 Å². The summed E-state index contributed by atoms with van der Waals surface area (Å²) in [6.45, 7) is 8.10. The molecule has 0 bridgehead atoms. The smallest absolute Gasteiger partial charge is 0.0630 e. The van der Waals surface area contributed by atoms with E-state index in [0.29, 0.717) is 5.92 Å². The second kappa shape index (κ2) is 2.98. The zero-order valence-electron chi connectivity index (χ0n) is 7.51. The van der Waals surface area contributed by atoms with Crippen LogP contribution in [0.15, 0.2) is 12.7 Å². The Morgan fingerprint density at radius 3 is 2.55 bits per heavy atom. The number of aliphatic hydroxyl groups excluding tert-OH is 1. The molecule has 0 aromatic rings. The fourth-order valence-electron chi connectivity index (χ4n) is 1.91. The largest absolute Gasteiger partial charge is 0.392 e. The third-order valence-electron chi connectivity index (χ3n) is 3.33. The van der Waals surface area contributed by atoms with Crippen LogP contribution in [-0.2, 0) is 0 Å². The first-order valence-electron chi connectivity index (χ1n) is 4.43. The Balaban J connectivity index is 2.77. The summed E-state index contributed by atoms with van der Waals surface area (Å²) in [5.41, 5.74) is -0.0434. The molecule has 1 N–H and O–H groups in total. The molecule has 11 heavy (non-hydrogen) atoms. The Hall–Kier alpha value is -0.300. The normalized spacial score (nSPS) is 45.4. The molecule has 3 unspecified atom stereocenters. The van der Waals surface area contributed by atoms with Crippen molar-refractivity contribution in [2.75, 3.05) is 0 Å². The van der Waals surface area contributed by atoms with Crippen LogP contribution in [0.1, 0.15) is 33.1 Å². The Bertz CT molecular complexity index is 141. The Morgan fingerprint density at radius 2 is 2.18 bits per heavy atom. The average Bonchev–Trinajstić information content (AvgIpc) is 2.00. The fraction of sp³-hybridized carbons (Fsp3) is 0.800. The fourth-order valence-corrected chi connectivity index (χ4v) is 1.91. The highest BCUT2D eigenvalue weighted by atomic mass is 16.3. The molecule has 0 aromatic heterocycles. The summed E-state index contributed by atoms with van der Waals surface area (Å²) < 4.78 is 0. The van der Waals surface area contributed by atoms with Gasteiger partial charge in [0.15, 0.2) is 0 Å². The van der Waals surface area contributed by atoms with Crippen LogP contribution in [0.25, 0.3) is 0 Å². The van der Waals surface area contributed by atoms with Gasteiger partial charge in [-0.1, -0.05) is 26.3 Å². The van der Waals surface area contributed by atoms with E-state index in [-0.39, 0.29) is 11.5 Å². The van der Waals surface area contributed by atoms with E-state index in [1.54, 1.807) is 0 Å². The van der Waals surface area contributed by atoms with Gasteiger partial charge in [0, 0.05) is 5.41 Å². The standard InChI is InChI=1S/C10H18O/c1-4-10(3)8(2)6-5-7-9(10)11/h4,8-9,11H,1,5-7H2,2-3H3. The van der Waals surface area contributed by atoms with Crippen molar-refractivity contribution in [3.63, 3.8) is 0 Å². The van der Waals surface area contributed by atoms with E-state index in [9.17, 15) is 5.11 Å². The van der Waals surface area contributed by atoms with Crippen molar-refractivity contribution in [1.82, 2.24) is 0 Å². The molecule has 1 nitrogen and oxygen atoms in total. The van der Waals surface area contributed by atoms with Crippen LogP contribution in [0.5, 0.6) is 0 Å². The highest BCUT2D eigenvalue weighted by Gasteiger charge is 2.37. The quantitative estimate of drug-likeness (QED) is 0.575. The minimum Gasteiger partial charge on any atom is -0.392 e. The maximum absolute atomic E-state index is 9.73. The number of aliphatic hydroxyl groups is 1. The molecule has 1 rings (SSSR count). The predicted molar refractivity (Wildman–Crippen MR) is 47.3 cm³/mol. The van der Waals surface area contributed by atoms with Gasteiger partial charge < -0.3 is 5.11 Å². The van der Waals surface area contributed by atoms with Crippen LogP contribution in [0.3, 0.4) is 0 Å². The summed E-state index contributed by atoms with van der Waals surface area (Å²) in [6, 6.07) is 0. The van der Waals surface area contributed by atoms with E-state index >= 15 is 0 Å². The van der Waals surface area contributed by atoms with Gasteiger partial charge in [-0.2, -0.15) is 0 Å². The van der Waals surface area contributed by atoms with Crippen molar-refractivity contribution in [3.05, 3.63) is 12.7 Å². The molecule has 1 aliphatic rings. The third kappa shape index (κ3) is 1.34. The zero-order chi connectivity index (χ0) is 8.48. The molecule has 0 aliphatic heterocycles. The van der Waals surface area contributed by atoms with Crippen molar-refractivity contribution in [3.8, 4) is 0 Å². The Morgan fingerprint density at radius 1 is 1.55 bits per heavy atom. The third-order valence-corrected chi connectivity index (χ3v) is 3.33. The predicted octanol–water partition coefficient (Wildman–Crippen LogP) is 2.36. The number of rotatable bonds is 1. The van der Waals surface area contributed by atoms with Gasteiger partial charge in [-0.05, 0) is 18.8 Å². The first kappa shape index (κ1) is 8.79. The highest BCUT2D eigenvalue weighted by Crippen LogP contribution is 2.41. The molecular weight excluding hydrogens is 136 g/mol. The lowest BCUT2D eigenvalue weighted by Gasteiger charge is -2.41. The monoisotopic (exact) mass is 154 g/mol. The Kier molecular flexibility index (Phi) is 2.38. The highest BCUT2D eigenvalue weighted by molar-refractivity contribution is 5.01. The van der Waals surface area contributed by atoms with Gasteiger partial charge in [0.25, 0.3) is 0 Å². The van der Waals surface area contributed by atoms with Gasteiger partial charge in [0.2, 0.25) is 0 Å². The first-order chi connectivity index (χ1) is 5.11. The molecule has 0 heterocycles. The van der Waals surface area contributed by atoms with Gasteiger partial charge in [0.1, 0.15) is 0 Å². The molecule has 1 heteroatoms. The van der Waals surface area contributed by atoms with Crippen LogP contribution in [-0.4, -0.2) is 11.2 Å². The van der Waals surface area contributed by atoms with E-state index in [0.717, 1.165) is 12.8 Å². The van der Waals surface area contributed by atoms with Crippen LogP contribution in [0.2, 0.25) is 0 Å². The molecule has 1 aliphatic carbocycles. The number of hydrogen-bond donors (Lipinski definition) is 1.